The van der Waals surface area contributed by atoms with Gasteiger partial charge in [0, 0.05) is 13.5 Å². The Kier molecular flexibility index (Phi) is 4.29. The lowest BCUT2D eigenvalue weighted by atomic mass is 9.86. The third-order valence-electron chi connectivity index (χ3n) is 2.84. The molecule has 1 aromatic carbocycles. The second-order valence-electron chi connectivity index (χ2n) is 5.45. The van der Waals surface area contributed by atoms with Crippen LogP contribution in [0, 0.1) is 0 Å². The van der Waals surface area contributed by atoms with Gasteiger partial charge in [-0.05, 0) is 23.0 Å². The Morgan fingerprint density at radius 1 is 1.24 bits per heavy atom. The van der Waals surface area contributed by atoms with Crippen molar-refractivity contribution in [3.63, 3.8) is 0 Å². The molecule has 0 aliphatic carbocycles. The van der Waals surface area contributed by atoms with E-state index in [1.165, 1.54) is 11.1 Å². The number of nitrogens with zero attached hydrogens (tertiary/aromatic N) is 1. The Labute approximate surface area is 104 Å². The standard InChI is InChI=1S/C14H22N2O/c1-14(2,3)12-8-5-11(6-9-12)7-10-13(17)16(4)15/h5-6,8-9H,7,10,15H2,1-4H3. The predicted octanol–water partition coefficient (Wildman–Crippen LogP) is 2.25. The Morgan fingerprint density at radius 2 is 1.76 bits per heavy atom. The molecule has 2 N–H and O–H groups in total. The Bertz CT molecular complexity index is 374. The maximum atomic E-state index is 11.3. The van der Waals surface area contributed by atoms with Gasteiger partial charge in [-0.3, -0.25) is 9.80 Å². The van der Waals surface area contributed by atoms with Crippen molar-refractivity contribution in [3.05, 3.63) is 35.4 Å². The van der Waals surface area contributed by atoms with Crippen LogP contribution in [0.2, 0.25) is 0 Å². The maximum absolute atomic E-state index is 11.3. The van der Waals surface area contributed by atoms with Crippen molar-refractivity contribution in [2.75, 3.05) is 7.05 Å². The normalized spacial score (nSPS) is 11.4. The van der Waals surface area contributed by atoms with Crippen LogP contribution in [-0.4, -0.2) is 18.0 Å². The molecule has 0 bridgehead atoms. The summed E-state index contributed by atoms with van der Waals surface area (Å²) in [5.74, 6) is 5.33. The molecule has 0 spiro atoms. The zero-order chi connectivity index (χ0) is 13.1. The van der Waals surface area contributed by atoms with Crippen molar-refractivity contribution in [1.82, 2.24) is 5.01 Å². The zero-order valence-electron chi connectivity index (χ0n) is 11.2. The molecule has 0 aromatic heterocycles. The summed E-state index contributed by atoms with van der Waals surface area (Å²) in [5, 5.41) is 1.14. The first-order valence-electron chi connectivity index (χ1n) is 5.91. The second-order valence-corrected chi connectivity index (χ2v) is 5.45. The molecule has 3 heteroatoms. The van der Waals surface area contributed by atoms with Crippen LogP contribution in [0.3, 0.4) is 0 Å². The molecule has 1 aromatic rings. The first-order valence-corrected chi connectivity index (χ1v) is 5.91. The van der Waals surface area contributed by atoms with Crippen LogP contribution >= 0.6 is 0 Å². The van der Waals surface area contributed by atoms with E-state index in [-0.39, 0.29) is 11.3 Å². The number of hydrogen-bond donors (Lipinski definition) is 1. The third-order valence-corrected chi connectivity index (χ3v) is 2.84. The van der Waals surface area contributed by atoms with Gasteiger partial charge >= 0.3 is 0 Å². The smallest absolute Gasteiger partial charge is 0.236 e. The Morgan fingerprint density at radius 3 is 2.18 bits per heavy atom. The molecular formula is C14H22N2O. The fourth-order valence-corrected chi connectivity index (χ4v) is 1.60. The number of amides is 1. The molecule has 3 nitrogen and oxygen atoms in total. The molecule has 0 radical (unpaired) electrons. The maximum Gasteiger partial charge on any atom is 0.236 e. The van der Waals surface area contributed by atoms with Crippen LogP contribution in [0.4, 0.5) is 0 Å². The van der Waals surface area contributed by atoms with Crippen LogP contribution < -0.4 is 5.84 Å². The largest absolute Gasteiger partial charge is 0.284 e. The number of carbonyl (C=O) groups excluding carboxylic acids is 1. The highest BCUT2D eigenvalue weighted by molar-refractivity contribution is 5.75. The predicted molar refractivity (Wildman–Crippen MR) is 70.4 cm³/mol. The number of hydrogen-bond acceptors (Lipinski definition) is 2. The van der Waals surface area contributed by atoms with Gasteiger partial charge in [-0.1, -0.05) is 45.0 Å². The summed E-state index contributed by atoms with van der Waals surface area (Å²) in [6.45, 7) is 6.57. The summed E-state index contributed by atoms with van der Waals surface area (Å²) in [6.07, 6.45) is 1.20. The lowest BCUT2D eigenvalue weighted by Gasteiger charge is -2.19. The average molecular weight is 234 g/mol. The lowest BCUT2D eigenvalue weighted by Crippen LogP contribution is -2.33. The molecule has 1 amide bonds. The molecule has 0 atom stereocenters. The summed E-state index contributed by atoms with van der Waals surface area (Å²) in [7, 11) is 1.57. The molecule has 0 saturated heterocycles. The fraction of sp³-hybridized carbons (Fsp3) is 0.500. The van der Waals surface area contributed by atoms with Gasteiger partial charge in [0.2, 0.25) is 5.91 Å². The van der Waals surface area contributed by atoms with Gasteiger partial charge < -0.3 is 0 Å². The van der Waals surface area contributed by atoms with Gasteiger partial charge in [-0.2, -0.15) is 0 Å². The number of hydrazine groups is 1. The first kappa shape index (κ1) is 13.7. The minimum Gasteiger partial charge on any atom is -0.284 e. The van der Waals surface area contributed by atoms with Crippen molar-refractivity contribution in [3.8, 4) is 0 Å². The molecule has 0 saturated carbocycles. The molecule has 1 rings (SSSR count). The minimum absolute atomic E-state index is 0.0371. The van der Waals surface area contributed by atoms with Crippen LogP contribution in [0.15, 0.2) is 24.3 Å². The van der Waals surface area contributed by atoms with Crippen LogP contribution in [0.5, 0.6) is 0 Å². The minimum atomic E-state index is -0.0371. The van der Waals surface area contributed by atoms with Gasteiger partial charge in [0.25, 0.3) is 0 Å². The monoisotopic (exact) mass is 234 g/mol. The van der Waals surface area contributed by atoms with Crippen molar-refractivity contribution in [1.29, 1.82) is 0 Å². The highest BCUT2D eigenvalue weighted by atomic mass is 16.2. The number of nitrogens with two attached hydrogens (primary N) is 1. The number of aryl methyl sites for hydroxylation is 1. The van der Waals surface area contributed by atoms with E-state index in [1.54, 1.807) is 7.05 Å². The number of carbonyl (C=O) groups is 1. The fourth-order valence-electron chi connectivity index (χ4n) is 1.60. The van der Waals surface area contributed by atoms with Crippen molar-refractivity contribution in [2.24, 2.45) is 5.84 Å². The van der Waals surface area contributed by atoms with Crippen LogP contribution in [0.1, 0.15) is 38.3 Å². The Hall–Kier alpha value is -1.35. The summed E-state index contributed by atoms with van der Waals surface area (Å²) in [4.78, 5) is 11.3. The van der Waals surface area contributed by atoms with E-state index in [0.717, 1.165) is 11.4 Å². The number of rotatable bonds is 3. The molecule has 0 unspecified atom stereocenters. The SMILES string of the molecule is CN(N)C(=O)CCc1ccc(C(C)(C)C)cc1. The number of benzene rings is 1. The molecule has 0 aliphatic rings. The van der Waals surface area contributed by atoms with Crippen LogP contribution in [-0.2, 0) is 16.6 Å². The van der Waals surface area contributed by atoms with Gasteiger partial charge in [0.15, 0.2) is 0 Å². The van der Waals surface area contributed by atoms with E-state index < -0.39 is 0 Å². The van der Waals surface area contributed by atoms with Gasteiger partial charge in [0.05, 0.1) is 0 Å². The van der Waals surface area contributed by atoms with E-state index in [0.29, 0.717) is 6.42 Å². The topological polar surface area (TPSA) is 46.3 Å². The third kappa shape index (κ3) is 4.19. The van der Waals surface area contributed by atoms with Crippen molar-refractivity contribution >= 4 is 5.91 Å². The van der Waals surface area contributed by atoms with Gasteiger partial charge in [0.1, 0.15) is 0 Å². The van der Waals surface area contributed by atoms with E-state index in [4.69, 9.17) is 5.84 Å². The Balaban J connectivity index is 2.61. The lowest BCUT2D eigenvalue weighted by molar-refractivity contribution is -0.130. The van der Waals surface area contributed by atoms with Gasteiger partial charge in [-0.15, -0.1) is 0 Å². The molecule has 0 aliphatic heterocycles. The van der Waals surface area contributed by atoms with E-state index in [9.17, 15) is 4.79 Å². The quantitative estimate of drug-likeness (QED) is 0.495. The van der Waals surface area contributed by atoms with Crippen LogP contribution in [0.25, 0.3) is 0 Å². The van der Waals surface area contributed by atoms with E-state index >= 15 is 0 Å². The second kappa shape index (κ2) is 5.32. The molecule has 94 valence electrons. The highest BCUT2D eigenvalue weighted by Gasteiger charge is 2.13. The summed E-state index contributed by atoms with van der Waals surface area (Å²) in [6, 6.07) is 8.44. The average Bonchev–Trinajstić information content (AvgIpc) is 2.25. The summed E-state index contributed by atoms with van der Waals surface area (Å²) >= 11 is 0. The highest BCUT2D eigenvalue weighted by Crippen LogP contribution is 2.22. The van der Waals surface area contributed by atoms with Gasteiger partial charge in [-0.25, -0.2) is 5.84 Å². The first-order chi connectivity index (χ1) is 7.80. The summed E-state index contributed by atoms with van der Waals surface area (Å²) < 4.78 is 0. The van der Waals surface area contributed by atoms with Crippen molar-refractivity contribution < 1.29 is 4.79 Å². The molecule has 0 heterocycles. The summed E-state index contributed by atoms with van der Waals surface area (Å²) in [5.41, 5.74) is 2.66. The molecule has 17 heavy (non-hydrogen) atoms. The molecule has 0 fully saturated rings. The van der Waals surface area contributed by atoms with Crippen molar-refractivity contribution in [2.45, 2.75) is 39.0 Å². The van der Waals surface area contributed by atoms with E-state index in [1.807, 2.05) is 0 Å². The molecular weight excluding hydrogens is 212 g/mol. The zero-order valence-corrected chi connectivity index (χ0v) is 11.2. The van der Waals surface area contributed by atoms with E-state index in [2.05, 4.69) is 45.0 Å².